The molecule has 0 aliphatic rings. The molecule has 0 saturated heterocycles. The molecule has 0 bridgehead atoms. The number of benzene rings is 1. The van der Waals surface area contributed by atoms with Gasteiger partial charge in [-0.1, -0.05) is 6.07 Å². The Morgan fingerprint density at radius 3 is 2.21 bits per heavy atom. The third-order valence-electron chi connectivity index (χ3n) is 2.68. The smallest absolute Gasteiger partial charge is 0.225 e. The zero-order chi connectivity index (χ0) is 14.5. The first-order valence-electron chi connectivity index (χ1n) is 5.54. The summed E-state index contributed by atoms with van der Waals surface area (Å²) in [4.78, 5) is 11.6. The molecule has 0 radical (unpaired) electrons. The fourth-order valence-electron chi connectivity index (χ4n) is 1.45. The van der Waals surface area contributed by atoms with E-state index in [0.29, 0.717) is 6.07 Å². The van der Waals surface area contributed by atoms with Gasteiger partial charge in [-0.2, -0.15) is 0 Å². The van der Waals surface area contributed by atoms with Gasteiger partial charge in [0.2, 0.25) is 5.91 Å². The molecule has 1 rings (SSSR count). The fraction of sp³-hybridized carbons (Fsp3) is 0.417. The molecule has 0 aliphatic heterocycles. The van der Waals surface area contributed by atoms with Crippen LogP contribution in [0.2, 0.25) is 0 Å². The van der Waals surface area contributed by atoms with Gasteiger partial charge < -0.3 is 20.6 Å². The van der Waals surface area contributed by atoms with E-state index in [4.69, 9.17) is 15.3 Å². The highest BCUT2D eigenvalue weighted by molar-refractivity contribution is 5.79. The van der Waals surface area contributed by atoms with Gasteiger partial charge in [-0.3, -0.25) is 4.79 Å². The maximum atomic E-state index is 13.3. The van der Waals surface area contributed by atoms with E-state index < -0.39 is 49.3 Å². The SMILES string of the molecule is O=C(Cc1ccc(F)cc1F)NC(CO)(CO)CO. The number of rotatable bonds is 6. The molecule has 0 fully saturated rings. The third-order valence-corrected chi connectivity index (χ3v) is 2.68. The number of halogens is 2. The van der Waals surface area contributed by atoms with Crippen LogP contribution in [-0.2, 0) is 11.2 Å². The molecule has 0 heterocycles. The van der Waals surface area contributed by atoms with Gasteiger partial charge in [0.25, 0.3) is 0 Å². The van der Waals surface area contributed by atoms with E-state index >= 15 is 0 Å². The van der Waals surface area contributed by atoms with Crippen molar-refractivity contribution in [2.24, 2.45) is 0 Å². The second-order valence-electron chi connectivity index (χ2n) is 4.22. The van der Waals surface area contributed by atoms with Gasteiger partial charge >= 0.3 is 0 Å². The third kappa shape index (κ3) is 3.95. The van der Waals surface area contributed by atoms with Crippen molar-refractivity contribution in [3.8, 4) is 0 Å². The minimum absolute atomic E-state index is 0.0263. The van der Waals surface area contributed by atoms with Gasteiger partial charge in [-0.15, -0.1) is 0 Å². The summed E-state index contributed by atoms with van der Waals surface area (Å²) in [6.07, 6.45) is -0.395. The van der Waals surface area contributed by atoms with Crippen LogP contribution in [0.3, 0.4) is 0 Å². The minimum Gasteiger partial charge on any atom is -0.394 e. The molecule has 1 aromatic rings. The van der Waals surface area contributed by atoms with Crippen LogP contribution in [0.25, 0.3) is 0 Å². The number of aliphatic hydroxyl groups excluding tert-OH is 3. The molecule has 1 aromatic carbocycles. The highest BCUT2D eigenvalue weighted by Crippen LogP contribution is 2.11. The highest BCUT2D eigenvalue weighted by atomic mass is 19.1. The average Bonchev–Trinajstić information content (AvgIpc) is 2.39. The van der Waals surface area contributed by atoms with Crippen LogP contribution in [0.15, 0.2) is 18.2 Å². The van der Waals surface area contributed by atoms with E-state index in [-0.39, 0.29) is 5.56 Å². The predicted molar refractivity (Wildman–Crippen MR) is 62.2 cm³/mol. The molecular weight excluding hydrogens is 260 g/mol. The standard InChI is InChI=1S/C12H15F2NO4/c13-9-2-1-8(10(14)4-9)3-11(19)15-12(5-16,6-17)7-18/h1-2,4,16-18H,3,5-7H2,(H,15,19). The first-order chi connectivity index (χ1) is 8.96. The lowest BCUT2D eigenvalue weighted by Gasteiger charge is -2.28. The molecular formula is C12H15F2NO4. The molecule has 0 spiro atoms. The molecule has 19 heavy (non-hydrogen) atoms. The van der Waals surface area contributed by atoms with Crippen LogP contribution in [0.4, 0.5) is 8.78 Å². The Morgan fingerprint density at radius 1 is 1.16 bits per heavy atom. The van der Waals surface area contributed by atoms with Crippen molar-refractivity contribution in [3.63, 3.8) is 0 Å². The number of carbonyl (C=O) groups is 1. The topological polar surface area (TPSA) is 89.8 Å². The molecule has 0 aliphatic carbocycles. The first kappa shape index (κ1) is 15.5. The number of hydrogen-bond donors (Lipinski definition) is 4. The van der Waals surface area contributed by atoms with Gasteiger partial charge in [0, 0.05) is 6.07 Å². The van der Waals surface area contributed by atoms with Crippen molar-refractivity contribution in [2.45, 2.75) is 12.0 Å². The number of aliphatic hydroxyl groups is 3. The van der Waals surface area contributed by atoms with E-state index in [1.54, 1.807) is 0 Å². The normalized spacial score (nSPS) is 11.4. The largest absolute Gasteiger partial charge is 0.394 e. The Labute approximate surface area is 108 Å². The fourth-order valence-corrected chi connectivity index (χ4v) is 1.45. The van der Waals surface area contributed by atoms with Gasteiger partial charge in [0.1, 0.15) is 17.2 Å². The molecule has 0 atom stereocenters. The summed E-state index contributed by atoms with van der Waals surface area (Å²) in [6.45, 7) is -2.01. The van der Waals surface area contributed by atoms with Gasteiger partial charge in [0.05, 0.1) is 26.2 Å². The van der Waals surface area contributed by atoms with Crippen molar-refractivity contribution < 1.29 is 28.9 Å². The summed E-state index contributed by atoms with van der Waals surface area (Å²) >= 11 is 0. The predicted octanol–water partition coefficient (Wildman–Crippen LogP) is -0.661. The Kier molecular flexibility index (Phi) is 5.34. The van der Waals surface area contributed by atoms with Crippen molar-refractivity contribution in [1.29, 1.82) is 0 Å². The Balaban J connectivity index is 2.74. The van der Waals surface area contributed by atoms with Gasteiger partial charge in [-0.05, 0) is 11.6 Å². The Hall–Kier alpha value is -1.57. The quantitative estimate of drug-likeness (QED) is 0.555. The maximum absolute atomic E-state index is 13.3. The zero-order valence-electron chi connectivity index (χ0n) is 10.1. The second kappa shape index (κ2) is 6.55. The van der Waals surface area contributed by atoms with E-state index in [2.05, 4.69) is 5.32 Å². The summed E-state index contributed by atoms with van der Waals surface area (Å²) in [5.41, 5.74) is -1.59. The van der Waals surface area contributed by atoms with Crippen molar-refractivity contribution in [2.75, 3.05) is 19.8 Å². The Bertz CT molecular complexity index is 441. The van der Waals surface area contributed by atoms with Crippen molar-refractivity contribution >= 4 is 5.91 Å². The van der Waals surface area contributed by atoms with E-state index in [1.165, 1.54) is 0 Å². The monoisotopic (exact) mass is 275 g/mol. The summed E-state index contributed by atoms with van der Waals surface area (Å²) in [6, 6.07) is 2.80. The molecule has 0 saturated carbocycles. The van der Waals surface area contributed by atoms with Gasteiger partial charge in [0.15, 0.2) is 0 Å². The lowest BCUT2D eigenvalue weighted by Crippen LogP contribution is -2.57. The number of hydrogen-bond acceptors (Lipinski definition) is 4. The zero-order valence-corrected chi connectivity index (χ0v) is 10.1. The van der Waals surface area contributed by atoms with Crippen LogP contribution >= 0.6 is 0 Å². The molecule has 0 unspecified atom stereocenters. The molecule has 1 amide bonds. The number of carbonyl (C=O) groups excluding carboxylic acids is 1. The van der Waals surface area contributed by atoms with Crippen LogP contribution in [-0.4, -0.2) is 46.6 Å². The summed E-state index contributed by atoms with van der Waals surface area (Å²) < 4.78 is 26.0. The Morgan fingerprint density at radius 2 is 1.74 bits per heavy atom. The molecule has 7 heteroatoms. The van der Waals surface area contributed by atoms with Crippen molar-refractivity contribution in [1.82, 2.24) is 5.32 Å². The number of amides is 1. The van der Waals surface area contributed by atoms with Crippen LogP contribution in [0, 0.1) is 11.6 Å². The molecule has 106 valence electrons. The summed E-state index contributed by atoms with van der Waals surface area (Å²) in [7, 11) is 0. The summed E-state index contributed by atoms with van der Waals surface area (Å²) in [5.74, 6) is -2.32. The second-order valence-corrected chi connectivity index (χ2v) is 4.22. The van der Waals surface area contributed by atoms with E-state index in [0.717, 1.165) is 12.1 Å². The lowest BCUT2D eigenvalue weighted by atomic mass is 10.0. The van der Waals surface area contributed by atoms with Crippen LogP contribution in [0.5, 0.6) is 0 Å². The minimum atomic E-state index is -1.56. The van der Waals surface area contributed by atoms with E-state index in [9.17, 15) is 13.6 Å². The lowest BCUT2D eigenvalue weighted by molar-refractivity contribution is -0.124. The van der Waals surface area contributed by atoms with Crippen LogP contribution in [0.1, 0.15) is 5.56 Å². The molecule has 5 nitrogen and oxygen atoms in total. The average molecular weight is 275 g/mol. The summed E-state index contributed by atoms with van der Waals surface area (Å²) in [5, 5.41) is 29.3. The van der Waals surface area contributed by atoms with Crippen LogP contribution < -0.4 is 5.32 Å². The first-order valence-corrected chi connectivity index (χ1v) is 5.54. The molecule has 4 N–H and O–H groups in total. The van der Waals surface area contributed by atoms with Crippen molar-refractivity contribution in [3.05, 3.63) is 35.4 Å². The van der Waals surface area contributed by atoms with Gasteiger partial charge in [-0.25, -0.2) is 8.78 Å². The molecule has 0 aromatic heterocycles. The van der Waals surface area contributed by atoms with E-state index in [1.807, 2.05) is 0 Å². The maximum Gasteiger partial charge on any atom is 0.225 e. The number of nitrogens with one attached hydrogen (secondary N) is 1. The highest BCUT2D eigenvalue weighted by Gasteiger charge is 2.30.